The van der Waals surface area contributed by atoms with Gasteiger partial charge in [0.15, 0.2) is 0 Å². The van der Waals surface area contributed by atoms with Crippen molar-refractivity contribution in [1.82, 2.24) is 14.2 Å². The van der Waals surface area contributed by atoms with Crippen molar-refractivity contribution in [2.24, 2.45) is 0 Å². The predicted molar refractivity (Wildman–Crippen MR) is 70.1 cm³/mol. The van der Waals surface area contributed by atoms with Crippen molar-refractivity contribution in [3.05, 3.63) is 41.6 Å². The molecule has 0 amide bonds. The van der Waals surface area contributed by atoms with Crippen LogP contribution in [0.3, 0.4) is 0 Å². The van der Waals surface area contributed by atoms with Gasteiger partial charge in [-0.05, 0) is 37.9 Å². The number of rotatable bonds is 2. The summed E-state index contributed by atoms with van der Waals surface area (Å²) in [4.78, 5) is 11.8. The fraction of sp³-hybridized carbons (Fsp3) is 0.125. The SMILES string of the molecule is O=c1c(Br)cc(Br)cn1Cc1nnsc1Cl. The number of aromatic nitrogens is 3. The van der Waals surface area contributed by atoms with E-state index in [0.29, 0.717) is 21.0 Å². The van der Waals surface area contributed by atoms with Crippen molar-refractivity contribution in [2.75, 3.05) is 0 Å². The second kappa shape index (κ2) is 4.95. The maximum Gasteiger partial charge on any atom is 0.265 e. The molecule has 0 radical (unpaired) electrons. The Morgan fingerprint density at radius 2 is 2.25 bits per heavy atom. The molecule has 84 valence electrons. The minimum absolute atomic E-state index is 0.132. The Labute approximate surface area is 117 Å². The number of halogens is 3. The van der Waals surface area contributed by atoms with Gasteiger partial charge in [-0.3, -0.25) is 4.79 Å². The average molecular weight is 385 g/mol. The van der Waals surface area contributed by atoms with E-state index in [1.807, 2.05) is 0 Å². The summed E-state index contributed by atoms with van der Waals surface area (Å²) in [5, 5.41) is 3.86. The lowest BCUT2D eigenvalue weighted by molar-refractivity contribution is 0.729. The van der Waals surface area contributed by atoms with E-state index in [-0.39, 0.29) is 5.56 Å². The first-order chi connectivity index (χ1) is 7.58. The summed E-state index contributed by atoms with van der Waals surface area (Å²) in [5.74, 6) is 0. The molecule has 0 aliphatic heterocycles. The molecule has 0 aliphatic rings. The number of nitrogens with zero attached hydrogens (tertiary/aromatic N) is 3. The van der Waals surface area contributed by atoms with E-state index in [1.54, 1.807) is 12.3 Å². The molecule has 0 aromatic carbocycles. The maximum atomic E-state index is 11.8. The van der Waals surface area contributed by atoms with Gasteiger partial charge in [0, 0.05) is 22.2 Å². The third-order valence-electron chi connectivity index (χ3n) is 1.84. The van der Waals surface area contributed by atoms with E-state index in [2.05, 4.69) is 41.4 Å². The summed E-state index contributed by atoms with van der Waals surface area (Å²) < 4.78 is 7.02. The van der Waals surface area contributed by atoms with Crippen LogP contribution in [-0.2, 0) is 6.54 Å². The van der Waals surface area contributed by atoms with Gasteiger partial charge in [0.1, 0.15) is 10.0 Å². The highest BCUT2D eigenvalue weighted by atomic mass is 79.9. The van der Waals surface area contributed by atoms with Gasteiger partial charge in [0.25, 0.3) is 5.56 Å². The third-order valence-corrected chi connectivity index (χ3v) is 3.82. The first kappa shape index (κ1) is 12.2. The van der Waals surface area contributed by atoms with Gasteiger partial charge < -0.3 is 4.57 Å². The molecule has 0 aliphatic carbocycles. The Morgan fingerprint density at radius 1 is 1.50 bits per heavy atom. The zero-order valence-corrected chi connectivity index (χ0v) is 12.4. The molecule has 2 heterocycles. The van der Waals surface area contributed by atoms with E-state index in [0.717, 1.165) is 16.0 Å². The highest BCUT2D eigenvalue weighted by Crippen LogP contribution is 2.19. The Morgan fingerprint density at radius 3 is 2.88 bits per heavy atom. The molecule has 0 spiro atoms. The zero-order valence-electron chi connectivity index (χ0n) is 7.65. The molecular weight excluding hydrogens is 381 g/mol. The van der Waals surface area contributed by atoms with E-state index in [9.17, 15) is 4.79 Å². The summed E-state index contributed by atoms with van der Waals surface area (Å²) in [5.41, 5.74) is 0.464. The van der Waals surface area contributed by atoms with Crippen molar-refractivity contribution in [3.63, 3.8) is 0 Å². The van der Waals surface area contributed by atoms with Crippen molar-refractivity contribution >= 4 is 55.0 Å². The van der Waals surface area contributed by atoms with Crippen LogP contribution in [-0.4, -0.2) is 14.2 Å². The van der Waals surface area contributed by atoms with Gasteiger partial charge in [-0.2, -0.15) is 0 Å². The summed E-state index contributed by atoms with van der Waals surface area (Å²) in [6, 6.07) is 1.69. The summed E-state index contributed by atoms with van der Waals surface area (Å²) in [6.07, 6.45) is 1.68. The van der Waals surface area contributed by atoms with Crippen molar-refractivity contribution in [2.45, 2.75) is 6.54 Å². The second-order valence-corrected chi connectivity index (χ2v) is 6.06. The van der Waals surface area contributed by atoms with Gasteiger partial charge in [-0.1, -0.05) is 16.1 Å². The fourth-order valence-corrected chi connectivity index (χ4v) is 3.00. The van der Waals surface area contributed by atoms with E-state index in [1.165, 1.54) is 4.57 Å². The van der Waals surface area contributed by atoms with Crippen LogP contribution in [0.15, 0.2) is 26.0 Å². The standard InChI is InChI=1S/C8H4Br2ClN3OS/c9-4-1-5(10)8(15)14(2-4)3-6-7(11)16-13-12-6/h1-2H,3H2. The van der Waals surface area contributed by atoms with E-state index >= 15 is 0 Å². The van der Waals surface area contributed by atoms with Crippen LogP contribution in [0.2, 0.25) is 4.34 Å². The molecule has 4 nitrogen and oxygen atoms in total. The molecular formula is C8H4Br2ClN3OS. The van der Waals surface area contributed by atoms with E-state index < -0.39 is 0 Å². The number of pyridine rings is 1. The zero-order chi connectivity index (χ0) is 11.7. The van der Waals surface area contributed by atoms with Crippen LogP contribution in [0.5, 0.6) is 0 Å². The molecule has 16 heavy (non-hydrogen) atoms. The highest BCUT2D eigenvalue weighted by molar-refractivity contribution is 9.11. The molecule has 2 aromatic rings. The monoisotopic (exact) mass is 383 g/mol. The molecule has 0 unspecified atom stereocenters. The Hall–Kier alpha value is -0.240. The predicted octanol–water partition coefficient (Wildman–Crippen LogP) is 2.93. The van der Waals surface area contributed by atoms with Crippen molar-refractivity contribution < 1.29 is 0 Å². The minimum Gasteiger partial charge on any atom is -0.307 e. The van der Waals surface area contributed by atoms with Gasteiger partial charge in [0.2, 0.25) is 0 Å². The molecule has 0 fully saturated rings. The quantitative estimate of drug-likeness (QED) is 0.799. The fourth-order valence-electron chi connectivity index (χ4n) is 1.13. The van der Waals surface area contributed by atoms with Gasteiger partial charge in [0.05, 0.1) is 11.0 Å². The molecule has 0 N–H and O–H groups in total. The summed E-state index contributed by atoms with van der Waals surface area (Å²) in [6.45, 7) is 0.312. The van der Waals surface area contributed by atoms with Crippen molar-refractivity contribution in [1.29, 1.82) is 0 Å². The number of hydrogen-bond donors (Lipinski definition) is 0. The summed E-state index contributed by atoms with van der Waals surface area (Å²) in [7, 11) is 0. The normalized spacial score (nSPS) is 10.7. The lowest BCUT2D eigenvalue weighted by Crippen LogP contribution is -2.21. The summed E-state index contributed by atoms with van der Waals surface area (Å²) >= 11 is 13.5. The second-order valence-electron chi connectivity index (χ2n) is 2.93. The van der Waals surface area contributed by atoms with Crippen LogP contribution < -0.4 is 5.56 Å². The lowest BCUT2D eigenvalue weighted by atomic mass is 10.4. The minimum atomic E-state index is -0.132. The first-order valence-corrected chi connectivity index (χ1v) is 6.84. The lowest BCUT2D eigenvalue weighted by Gasteiger charge is -2.04. The van der Waals surface area contributed by atoms with Crippen LogP contribution in [0.1, 0.15) is 5.69 Å². The van der Waals surface area contributed by atoms with Crippen molar-refractivity contribution in [3.8, 4) is 0 Å². The average Bonchev–Trinajstić information content (AvgIpc) is 2.60. The molecule has 0 atom stereocenters. The Kier molecular flexibility index (Phi) is 3.78. The molecule has 0 bridgehead atoms. The maximum absolute atomic E-state index is 11.8. The van der Waals surface area contributed by atoms with Crippen LogP contribution in [0.25, 0.3) is 0 Å². The molecule has 8 heteroatoms. The van der Waals surface area contributed by atoms with Gasteiger partial charge >= 0.3 is 0 Å². The van der Waals surface area contributed by atoms with Gasteiger partial charge in [-0.25, -0.2) is 0 Å². The highest BCUT2D eigenvalue weighted by Gasteiger charge is 2.09. The van der Waals surface area contributed by atoms with Crippen LogP contribution in [0.4, 0.5) is 0 Å². The topological polar surface area (TPSA) is 47.8 Å². The van der Waals surface area contributed by atoms with E-state index in [4.69, 9.17) is 11.6 Å². The van der Waals surface area contributed by atoms with Crippen LogP contribution in [0, 0.1) is 0 Å². The van der Waals surface area contributed by atoms with Gasteiger partial charge in [-0.15, -0.1) is 5.10 Å². The smallest absolute Gasteiger partial charge is 0.265 e. The Bertz CT molecular complexity index is 583. The Balaban J connectivity index is 2.43. The molecule has 2 rings (SSSR count). The van der Waals surface area contributed by atoms with Crippen LogP contribution >= 0.6 is 55.0 Å². The first-order valence-electron chi connectivity index (χ1n) is 4.10. The molecule has 0 saturated carbocycles. The molecule has 2 aromatic heterocycles. The number of hydrogen-bond acceptors (Lipinski definition) is 4. The largest absolute Gasteiger partial charge is 0.307 e. The molecule has 0 saturated heterocycles. The third kappa shape index (κ3) is 2.53.